The minimum atomic E-state index is 0.0105. The lowest BCUT2D eigenvalue weighted by Crippen LogP contribution is -2.48. The van der Waals surface area contributed by atoms with Gasteiger partial charge in [0.2, 0.25) is 0 Å². The number of hydrogen-bond donors (Lipinski definition) is 1. The minimum absolute atomic E-state index is 0.0105. The average molecular weight is 444 g/mol. The summed E-state index contributed by atoms with van der Waals surface area (Å²) in [7, 11) is 1.82. The van der Waals surface area contributed by atoms with E-state index in [0.29, 0.717) is 24.2 Å². The van der Waals surface area contributed by atoms with E-state index in [2.05, 4.69) is 20.2 Å². The van der Waals surface area contributed by atoms with Crippen molar-refractivity contribution in [1.29, 1.82) is 0 Å². The Kier molecular flexibility index (Phi) is 5.94. The monoisotopic (exact) mass is 443 g/mol. The van der Waals surface area contributed by atoms with Crippen LogP contribution in [0, 0.1) is 5.92 Å². The number of nitrogens with one attached hydrogen (secondary N) is 1. The smallest absolute Gasteiger partial charge is 0.255 e. The van der Waals surface area contributed by atoms with Crippen molar-refractivity contribution in [1.82, 2.24) is 19.8 Å². The van der Waals surface area contributed by atoms with Crippen LogP contribution in [0.3, 0.4) is 0 Å². The largest absolute Gasteiger partial charge is 0.387 e. The van der Waals surface area contributed by atoms with Crippen molar-refractivity contribution < 1.29 is 9.59 Å². The van der Waals surface area contributed by atoms with Crippen molar-refractivity contribution in [2.75, 3.05) is 32.0 Å². The van der Waals surface area contributed by atoms with Crippen molar-refractivity contribution in [3.05, 3.63) is 66.1 Å². The van der Waals surface area contributed by atoms with Crippen molar-refractivity contribution in [3.8, 4) is 0 Å². The molecule has 2 aromatic heterocycles. The van der Waals surface area contributed by atoms with E-state index >= 15 is 0 Å². The Balaban J connectivity index is 1.32. The van der Waals surface area contributed by atoms with Crippen LogP contribution in [0.25, 0.3) is 10.9 Å². The molecule has 2 unspecified atom stereocenters. The molecule has 0 radical (unpaired) electrons. The Hall–Kier alpha value is -3.48. The summed E-state index contributed by atoms with van der Waals surface area (Å²) in [6.45, 7) is 2.16. The van der Waals surface area contributed by atoms with Gasteiger partial charge >= 0.3 is 0 Å². The molecule has 1 N–H and O–H groups in total. The fourth-order valence-electron chi connectivity index (χ4n) is 5.23. The lowest BCUT2D eigenvalue weighted by molar-refractivity contribution is 0.0516. The Bertz CT molecular complexity index is 1180. The summed E-state index contributed by atoms with van der Waals surface area (Å²) >= 11 is 0. The van der Waals surface area contributed by atoms with E-state index in [0.717, 1.165) is 48.8 Å². The van der Waals surface area contributed by atoms with Gasteiger partial charge in [-0.3, -0.25) is 19.6 Å². The van der Waals surface area contributed by atoms with Crippen molar-refractivity contribution in [2.24, 2.45) is 5.92 Å². The molecule has 0 bridgehead atoms. The number of anilines is 1. The molecule has 7 heteroatoms. The quantitative estimate of drug-likeness (QED) is 0.663. The number of nitrogens with zero attached hydrogens (tertiary/aromatic N) is 4. The summed E-state index contributed by atoms with van der Waals surface area (Å²) < 4.78 is 0. The first-order chi connectivity index (χ1) is 16.1. The highest BCUT2D eigenvalue weighted by Crippen LogP contribution is 2.32. The molecule has 2 aliphatic rings. The zero-order valence-corrected chi connectivity index (χ0v) is 18.9. The molecule has 2 atom stereocenters. The van der Waals surface area contributed by atoms with E-state index in [-0.39, 0.29) is 23.8 Å². The van der Waals surface area contributed by atoms with Gasteiger partial charge in [-0.15, -0.1) is 0 Å². The molecular formula is C26H29N5O2. The van der Waals surface area contributed by atoms with Crippen molar-refractivity contribution in [2.45, 2.75) is 31.7 Å². The molecule has 7 nitrogen and oxygen atoms in total. The summed E-state index contributed by atoms with van der Waals surface area (Å²) in [6, 6.07) is 11.7. The van der Waals surface area contributed by atoms with Crippen LogP contribution in [0.15, 0.2) is 55.0 Å². The van der Waals surface area contributed by atoms with Gasteiger partial charge in [-0.1, -0.05) is 12.1 Å². The molecule has 4 heterocycles. The molecule has 2 aliphatic heterocycles. The molecule has 0 saturated carbocycles. The summed E-state index contributed by atoms with van der Waals surface area (Å²) in [6.07, 6.45) is 9.13. The van der Waals surface area contributed by atoms with Gasteiger partial charge in [-0.25, -0.2) is 0 Å². The second kappa shape index (κ2) is 9.17. The van der Waals surface area contributed by atoms with Crippen LogP contribution < -0.4 is 5.32 Å². The Morgan fingerprint density at radius 3 is 2.79 bits per heavy atom. The molecule has 170 valence electrons. The molecule has 2 fully saturated rings. The number of piperidine rings is 1. The number of rotatable bonds is 4. The van der Waals surface area contributed by atoms with E-state index < -0.39 is 0 Å². The first kappa shape index (κ1) is 21.4. The molecule has 1 aromatic carbocycles. The SMILES string of the molecule is CNc1cncc(C(=O)N2CCC(C3CCCCN3C(=O)c3ccc4cccnc4c3)C2)c1. The number of aromatic nitrogens is 2. The standard InChI is InChI=1S/C26H29N5O2/c1-27-22-13-21(15-28-16-22)25(32)30-12-9-20(17-30)24-6-2-3-11-31(24)26(33)19-8-7-18-5-4-10-29-23(18)14-19/h4-5,7-8,10,13-16,20,24,27H,2-3,6,9,11-12,17H2,1H3. The van der Waals surface area contributed by atoms with E-state index in [1.807, 2.05) is 48.3 Å². The average Bonchev–Trinajstić information content (AvgIpc) is 3.38. The molecule has 2 amide bonds. The summed E-state index contributed by atoms with van der Waals surface area (Å²) in [5.74, 6) is 0.372. The number of carbonyl (C=O) groups is 2. The molecule has 0 aliphatic carbocycles. The number of benzene rings is 1. The van der Waals surface area contributed by atoms with Crippen LogP contribution in [0.4, 0.5) is 5.69 Å². The number of hydrogen-bond acceptors (Lipinski definition) is 5. The van der Waals surface area contributed by atoms with E-state index in [4.69, 9.17) is 0 Å². The normalized spacial score (nSPS) is 20.8. The van der Waals surface area contributed by atoms with Crippen LogP contribution in [-0.4, -0.2) is 64.3 Å². The van der Waals surface area contributed by atoms with Crippen LogP contribution in [-0.2, 0) is 0 Å². The highest BCUT2D eigenvalue weighted by Gasteiger charge is 2.38. The van der Waals surface area contributed by atoms with Gasteiger partial charge in [-0.2, -0.15) is 0 Å². The van der Waals surface area contributed by atoms with E-state index in [9.17, 15) is 9.59 Å². The first-order valence-electron chi connectivity index (χ1n) is 11.7. The molecule has 5 rings (SSSR count). The molecule has 33 heavy (non-hydrogen) atoms. The van der Waals surface area contributed by atoms with Gasteiger partial charge in [0.05, 0.1) is 16.8 Å². The second-order valence-corrected chi connectivity index (χ2v) is 8.98. The van der Waals surface area contributed by atoms with Gasteiger partial charge in [0, 0.05) is 62.3 Å². The summed E-state index contributed by atoms with van der Waals surface area (Å²) in [5.41, 5.74) is 2.95. The Morgan fingerprint density at radius 1 is 1.00 bits per heavy atom. The maximum absolute atomic E-state index is 13.5. The van der Waals surface area contributed by atoms with E-state index in [1.54, 1.807) is 18.6 Å². The van der Waals surface area contributed by atoms with Gasteiger partial charge in [0.1, 0.15) is 0 Å². The molecule has 0 spiro atoms. The summed E-state index contributed by atoms with van der Waals surface area (Å²) in [5, 5.41) is 4.07. The zero-order valence-electron chi connectivity index (χ0n) is 18.9. The number of pyridine rings is 2. The van der Waals surface area contributed by atoms with Gasteiger partial charge in [-0.05, 0) is 55.9 Å². The Morgan fingerprint density at radius 2 is 1.91 bits per heavy atom. The molecular weight excluding hydrogens is 414 g/mol. The number of amides is 2. The van der Waals surface area contributed by atoms with Gasteiger partial charge in [0.15, 0.2) is 0 Å². The number of likely N-dealkylation sites (tertiary alicyclic amines) is 2. The van der Waals surface area contributed by atoms with Gasteiger partial charge in [0.25, 0.3) is 11.8 Å². The minimum Gasteiger partial charge on any atom is -0.387 e. The molecule has 3 aromatic rings. The van der Waals surface area contributed by atoms with Crippen LogP contribution in [0.1, 0.15) is 46.4 Å². The van der Waals surface area contributed by atoms with E-state index in [1.165, 1.54) is 0 Å². The van der Waals surface area contributed by atoms with Gasteiger partial charge < -0.3 is 15.1 Å². The fourth-order valence-corrected chi connectivity index (χ4v) is 5.23. The third-order valence-electron chi connectivity index (χ3n) is 6.99. The Labute approximate surface area is 193 Å². The maximum Gasteiger partial charge on any atom is 0.255 e. The second-order valence-electron chi connectivity index (χ2n) is 8.98. The fraction of sp³-hybridized carbons (Fsp3) is 0.385. The van der Waals surface area contributed by atoms with Crippen LogP contribution in [0.5, 0.6) is 0 Å². The number of carbonyl (C=O) groups excluding carboxylic acids is 2. The van der Waals surface area contributed by atoms with Crippen LogP contribution >= 0.6 is 0 Å². The predicted octanol–water partition coefficient (Wildman–Crippen LogP) is 3.83. The first-order valence-corrected chi connectivity index (χ1v) is 11.7. The topological polar surface area (TPSA) is 78.4 Å². The number of fused-ring (bicyclic) bond motifs is 1. The predicted molar refractivity (Wildman–Crippen MR) is 128 cm³/mol. The lowest BCUT2D eigenvalue weighted by Gasteiger charge is -2.39. The molecule has 2 saturated heterocycles. The van der Waals surface area contributed by atoms with Crippen molar-refractivity contribution >= 4 is 28.4 Å². The zero-order chi connectivity index (χ0) is 22.8. The van der Waals surface area contributed by atoms with Crippen LogP contribution in [0.2, 0.25) is 0 Å². The highest BCUT2D eigenvalue weighted by atomic mass is 16.2. The summed E-state index contributed by atoms with van der Waals surface area (Å²) in [4.78, 5) is 39.2. The highest BCUT2D eigenvalue weighted by molar-refractivity contribution is 5.98. The lowest BCUT2D eigenvalue weighted by atomic mass is 9.89. The third kappa shape index (κ3) is 4.27. The third-order valence-corrected chi connectivity index (χ3v) is 6.99. The van der Waals surface area contributed by atoms with Crippen molar-refractivity contribution in [3.63, 3.8) is 0 Å². The maximum atomic E-state index is 13.5.